The molecule has 3 rings (SSSR count). The molecule has 1 aromatic heterocycles. The van der Waals surface area contributed by atoms with Gasteiger partial charge in [-0.15, -0.1) is 0 Å². The summed E-state index contributed by atoms with van der Waals surface area (Å²) >= 11 is 0. The Kier molecular flexibility index (Phi) is 3.52. The van der Waals surface area contributed by atoms with E-state index in [1.54, 1.807) is 12.5 Å². The van der Waals surface area contributed by atoms with Crippen molar-refractivity contribution in [2.75, 3.05) is 11.9 Å². The maximum absolute atomic E-state index is 12.3. The van der Waals surface area contributed by atoms with Gasteiger partial charge in [0.25, 0.3) is 0 Å². The molecule has 0 bridgehead atoms. The highest BCUT2D eigenvalue weighted by atomic mass is 16.1. The van der Waals surface area contributed by atoms with E-state index in [-0.39, 0.29) is 17.9 Å². The van der Waals surface area contributed by atoms with E-state index in [2.05, 4.69) is 22.5 Å². The van der Waals surface area contributed by atoms with Gasteiger partial charge in [0.05, 0.1) is 12.2 Å². The average Bonchev–Trinajstić information content (AvgIpc) is 3.09. The molecule has 104 valence electrons. The van der Waals surface area contributed by atoms with Crippen LogP contribution in [0.2, 0.25) is 0 Å². The van der Waals surface area contributed by atoms with Gasteiger partial charge in [-0.2, -0.15) is 0 Å². The summed E-state index contributed by atoms with van der Waals surface area (Å²) in [6.07, 6.45) is 6.25. The molecule has 20 heavy (non-hydrogen) atoms. The van der Waals surface area contributed by atoms with E-state index < -0.39 is 0 Å². The molecule has 1 aliphatic heterocycles. The molecule has 2 N–H and O–H groups in total. The molecule has 0 saturated carbocycles. The Bertz CT molecular complexity index is 594. The van der Waals surface area contributed by atoms with Crippen LogP contribution < -0.4 is 10.6 Å². The third-order valence-corrected chi connectivity index (χ3v) is 3.78. The molecule has 0 spiro atoms. The van der Waals surface area contributed by atoms with Gasteiger partial charge in [0.2, 0.25) is 5.91 Å². The number of nitrogens with zero attached hydrogens (tertiary/aromatic N) is 2. The maximum atomic E-state index is 12.3. The molecule has 1 fully saturated rings. The maximum Gasteiger partial charge on any atom is 0.229 e. The van der Waals surface area contributed by atoms with Crippen LogP contribution in [0.1, 0.15) is 13.3 Å². The van der Waals surface area contributed by atoms with E-state index in [0.29, 0.717) is 0 Å². The Labute approximate surface area is 118 Å². The number of nitrogens with one attached hydrogen (secondary N) is 2. The molecule has 1 aliphatic rings. The standard InChI is InChI=1S/C15H18N4O/c1-11-14(5-6-17-11)15(20)18-12-3-2-4-13(9-12)19-8-7-16-10-19/h2-4,7-11,14,17H,5-6H2,1H3,(H,18,20). The molecule has 5 nitrogen and oxygen atoms in total. The number of carbonyl (C=O) groups is 1. The summed E-state index contributed by atoms with van der Waals surface area (Å²) in [6.45, 7) is 2.97. The monoisotopic (exact) mass is 270 g/mol. The molecule has 1 aromatic carbocycles. The molecule has 0 radical (unpaired) electrons. The summed E-state index contributed by atoms with van der Waals surface area (Å²) in [5.74, 6) is 0.136. The number of anilines is 1. The first kappa shape index (κ1) is 12.9. The zero-order valence-corrected chi connectivity index (χ0v) is 11.4. The normalized spacial score (nSPS) is 21.9. The highest BCUT2D eigenvalue weighted by Gasteiger charge is 2.29. The van der Waals surface area contributed by atoms with Gasteiger partial charge in [-0.1, -0.05) is 6.07 Å². The fourth-order valence-corrected chi connectivity index (χ4v) is 2.61. The van der Waals surface area contributed by atoms with Crippen LogP contribution in [0.25, 0.3) is 5.69 Å². The smallest absolute Gasteiger partial charge is 0.229 e. The minimum absolute atomic E-state index is 0.0481. The van der Waals surface area contributed by atoms with Crippen molar-refractivity contribution < 1.29 is 4.79 Å². The van der Waals surface area contributed by atoms with Crippen molar-refractivity contribution in [1.29, 1.82) is 0 Å². The first-order chi connectivity index (χ1) is 9.74. The minimum atomic E-state index is 0.0481. The first-order valence-electron chi connectivity index (χ1n) is 6.87. The Hall–Kier alpha value is -2.14. The van der Waals surface area contributed by atoms with Crippen LogP contribution in [-0.2, 0) is 4.79 Å². The molecule has 5 heteroatoms. The number of amides is 1. The van der Waals surface area contributed by atoms with Gasteiger partial charge in [-0.25, -0.2) is 4.98 Å². The van der Waals surface area contributed by atoms with Crippen LogP contribution in [0.3, 0.4) is 0 Å². The van der Waals surface area contributed by atoms with E-state index >= 15 is 0 Å². The van der Waals surface area contributed by atoms with Gasteiger partial charge in [-0.05, 0) is 38.1 Å². The van der Waals surface area contributed by atoms with Crippen LogP contribution in [0.4, 0.5) is 5.69 Å². The highest BCUT2D eigenvalue weighted by molar-refractivity contribution is 5.93. The van der Waals surface area contributed by atoms with Gasteiger partial charge in [-0.3, -0.25) is 4.79 Å². The lowest BCUT2D eigenvalue weighted by Gasteiger charge is -2.15. The van der Waals surface area contributed by atoms with Crippen molar-refractivity contribution in [3.63, 3.8) is 0 Å². The second-order valence-electron chi connectivity index (χ2n) is 5.15. The van der Waals surface area contributed by atoms with E-state index in [1.165, 1.54) is 0 Å². The SMILES string of the molecule is CC1NCCC1C(=O)Nc1cccc(-n2ccnc2)c1. The molecule has 0 aliphatic carbocycles. The number of carbonyl (C=O) groups excluding carboxylic acids is 1. The zero-order chi connectivity index (χ0) is 13.9. The van der Waals surface area contributed by atoms with Crippen LogP contribution in [0.15, 0.2) is 43.0 Å². The Morgan fingerprint density at radius 1 is 1.50 bits per heavy atom. The molecular weight excluding hydrogens is 252 g/mol. The van der Waals surface area contributed by atoms with E-state index in [4.69, 9.17) is 0 Å². The van der Waals surface area contributed by atoms with Crippen LogP contribution >= 0.6 is 0 Å². The van der Waals surface area contributed by atoms with Crippen molar-refractivity contribution in [3.8, 4) is 5.69 Å². The summed E-state index contributed by atoms with van der Waals surface area (Å²) in [7, 11) is 0. The molecule has 2 unspecified atom stereocenters. The van der Waals surface area contributed by atoms with Crippen LogP contribution in [0.5, 0.6) is 0 Å². The average molecular weight is 270 g/mol. The van der Waals surface area contributed by atoms with Crippen molar-refractivity contribution >= 4 is 11.6 Å². The fourth-order valence-electron chi connectivity index (χ4n) is 2.61. The van der Waals surface area contributed by atoms with Gasteiger partial charge in [0, 0.05) is 29.8 Å². The number of benzene rings is 1. The number of rotatable bonds is 3. The number of aromatic nitrogens is 2. The van der Waals surface area contributed by atoms with Gasteiger partial charge >= 0.3 is 0 Å². The molecule has 1 amide bonds. The van der Waals surface area contributed by atoms with Crippen molar-refractivity contribution in [3.05, 3.63) is 43.0 Å². The number of imidazole rings is 1. The fraction of sp³-hybridized carbons (Fsp3) is 0.333. The Balaban J connectivity index is 1.74. The number of hydrogen-bond donors (Lipinski definition) is 2. The lowest BCUT2D eigenvalue weighted by molar-refractivity contribution is -0.119. The Morgan fingerprint density at radius 2 is 2.40 bits per heavy atom. The van der Waals surface area contributed by atoms with Gasteiger partial charge in [0.1, 0.15) is 0 Å². The van der Waals surface area contributed by atoms with E-state index in [9.17, 15) is 4.79 Å². The third kappa shape index (κ3) is 2.58. The minimum Gasteiger partial charge on any atom is -0.326 e. The largest absolute Gasteiger partial charge is 0.326 e. The molecule has 2 atom stereocenters. The highest BCUT2D eigenvalue weighted by Crippen LogP contribution is 2.19. The first-order valence-corrected chi connectivity index (χ1v) is 6.87. The molecule has 2 heterocycles. The van der Waals surface area contributed by atoms with Crippen molar-refractivity contribution in [2.24, 2.45) is 5.92 Å². The summed E-state index contributed by atoms with van der Waals surface area (Å²) in [4.78, 5) is 16.3. The third-order valence-electron chi connectivity index (χ3n) is 3.78. The predicted molar refractivity (Wildman–Crippen MR) is 77.8 cm³/mol. The van der Waals surface area contributed by atoms with E-state index in [1.807, 2.05) is 35.0 Å². The van der Waals surface area contributed by atoms with Crippen LogP contribution in [0, 0.1) is 5.92 Å². The summed E-state index contributed by atoms with van der Waals surface area (Å²) in [5, 5.41) is 6.30. The summed E-state index contributed by atoms with van der Waals surface area (Å²) in [6, 6.07) is 8.02. The zero-order valence-electron chi connectivity index (χ0n) is 11.4. The van der Waals surface area contributed by atoms with Gasteiger partial charge < -0.3 is 15.2 Å². The lowest BCUT2D eigenvalue weighted by atomic mass is 10.0. The van der Waals surface area contributed by atoms with Crippen LogP contribution in [-0.4, -0.2) is 28.0 Å². The topological polar surface area (TPSA) is 59.0 Å². The summed E-state index contributed by atoms with van der Waals surface area (Å²) < 4.78 is 1.91. The summed E-state index contributed by atoms with van der Waals surface area (Å²) in [5.41, 5.74) is 1.80. The Morgan fingerprint density at radius 3 is 3.10 bits per heavy atom. The molecule has 2 aromatic rings. The predicted octanol–water partition coefficient (Wildman–Crippen LogP) is 1.81. The molecule has 1 saturated heterocycles. The number of hydrogen-bond acceptors (Lipinski definition) is 3. The van der Waals surface area contributed by atoms with Crippen molar-refractivity contribution in [2.45, 2.75) is 19.4 Å². The second-order valence-corrected chi connectivity index (χ2v) is 5.15. The lowest BCUT2D eigenvalue weighted by Crippen LogP contribution is -2.32. The molecular formula is C15H18N4O. The second kappa shape index (κ2) is 5.46. The van der Waals surface area contributed by atoms with Crippen molar-refractivity contribution in [1.82, 2.24) is 14.9 Å². The van der Waals surface area contributed by atoms with E-state index in [0.717, 1.165) is 24.3 Å². The quantitative estimate of drug-likeness (QED) is 0.894. The van der Waals surface area contributed by atoms with Gasteiger partial charge in [0.15, 0.2) is 0 Å².